The van der Waals surface area contributed by atoms with Gasteiger partial charge in [0.15, 0.2) is 0 Å². The minimum absolute atomic E-state index is 0.190. The van der Waals surface area contributed by atoms with E-state index in [9.17, 15) is 4.39 Å². The Morgan fingerprint density at radius 3 is 2.94 bits per heavy atom. The van der Waals surface area contributed by atoms with E-state index in [0.717, 1.165) is 24.6 Å². The predicted molar refractivity (Wildman–Crippen MR) is 72.6 cm³/mol. The number of hydrogen-bond acceptors (Lipinski definition) is 2. The third-order valence-electron chi connectivity index (χ3n) is 3.85. The van der Waals surface area contributed by atoms with Gasteiger partial charge in [-0.2, -0.15) is 0 Å². The lowest BCUT2D eigenvalue weighted by atomic mass is 10.0. The molecule has 0 radical (unpaired) electrons. The van der Waals surface area contributed by atoms with Crippen LogP contribution in [-0.2, 0) is 13.1 Å². The van der Waals surface area contributed by atoms with Crippen LogP contribution < -0.4 is 5.73 Å². The first-order valence-corrected chi connectivity index (χ1v) is 6.92. The monoisotopic (exact) mass is 250 g/mol. The van der Waals surface area contributed by atoms with Gasteiger partial charge in [-0.05, 0) is 48.6 Å². The summed E-state index contributed by atoms with van der Waals surface area (Å²) in [6, 6.07) is 4.98. The molecule has 2 N–H and O–H groups in total. The SMILES string of the molecule is CCCC1CCN(Cc2ccc(F)cc2CN)C1. The summed E-state index contributed by atoms with van der Waals surface area (Å²) in [4.78, 5) is 2.47. The fourth-order valence-corrected chi connectivity index (χ4v) is 2.88. The summed E-state index contributed by atoms with van der Waals surface area (Å²) < 4.78 is 13.1. The number of benzene rings is 1. The first-order valence-electron chi connectivity index (χ1n) is 6.92. The van der Waals surface area contributed by atoms with Crippen LogP contribution in [0.15, 0.2) is 18.2 Å². The van der Waals surface area contributed by atoms with E-state index < -0.39 is 0 Å². The van der Waals surface area contributed by atoms with E-state index in [1.165, 1.54) is 37.4 Å². The highest BCUT2D eigenvalue weighted by atomic mass is 19.1. The minimum Gasteiger partial charge on any atom is -0.326 e. The number of rotatable bonds is 5. The van der Waals surface area contributed by atoms with E-state index in [1.54, 1.807) is 6.07 Å². The van der Waals surface area contributed by atoms with Gasteiger partial charge >= 0.3 is 0 Å². The van der Waals surface area contributed by atoms with Crippen LogP contribution in [-0.4, -0.2) is 18.0 Å². The summed E-state index contributed by atoms with van der Waals surface area (Å²) >= 11 is 0. The lowest BCUT2D eigenvalue weighted by Crippen LogP contribution is -2.21. The second kappa shape index (κ2) is 6.30. The Morgan fingerprint density at radius 2 is 2.22 bits per heavy atom. The molecule has 1 fully saturated rings. The van der Waals surface area contributed by atoms with Crippen LogP contribution in [0.25, 0.3) is 0 Å². The molecule has 0 saturated carbocycles. The quantitative estimate of drug-likeness (QED) is 0.870. The zero-order chi connectivity index (χ0) is 13.0. The molecule has 18 heavy (non-hydrogen) atoms. The molecule has 1 aliphatic rings. The molecule has 2 rings (SSSR count). The second-order valence-corrected chi connectivity index (χ2v) is 5.30. The molecule has 2 nitrogen and oxygen atoms in total. The molecule has 0 aromatic heterocycles. The van der Waals surface area contributed by atoms with Crippen molar-refractivity contribution in [1.29, 1.82) is 0 Å². The Hall–Kier alpha value is -0.930. The molecular formula is C15H23FN2. The van der Waals surface area contributed by atoms with Gasteiger partial charge in [0, 0.05) is 19.6 Å². The first kappa shape index (κ1) is 13.5. The molecule has 1 heterocycles. The van der Waals surface area contributed by atoms with Crippen molar-refractivity contribution >= 4 is 0 Å². The number of likely N-dealkylation sites (tertiary alicyclic amines) is 1. The van der Waals surface area contributed by atoms with Crippen molar-refractivity contribution in [2.75, 3.05) is 13.1 Å². The standard InChI is InChI=1S/C15H23FN2/c1-2-3-12-6-7-18(10-12)11-13-4-5-15(16)8-14(13)9-17/h4-5,8,12H,2-3,6-7,9-11,17H2,1H3. The van der Waals surface area contributed by atoms with Crippen LogP contribution >= 0.6 is 0 Å². The maximum Gasteiger partial charge on any atom is 0.123 e. The van der Waals surface area contributed by atoms with Gasteiger partial charge in [0.05, 0.1) is 0 Å². The van der Waals surface area contributed by atoms with Crippen molar-refractivity contribution in [2.24, 2.45) is 11.7 Å². The Kier molecular flexibility index (Phi) is 4.72. The average Bonchev–Trinajstić information content (AvgIpc) is 2.79. The van der Waals surface area contributed by atoms with E-state index in [-0.39, 0.29) is 5.82 Å². The highest BCUT2D eigenvalue weighted by Crippen LogP contribution is 2.23. The molecule has 100 valence electrons. The van der Waals surface area contributed by atoms with Gasteiger partial charge in [0.2, 0.25) is 0 Å². The third-order valence-corrected chi connectivity index (χ3v) is 3.85. The second-order valence-electron chi connectivity index (χ2n) is 5.30. The molecule has 1 aromatic carbocycles. The number of nitrogens with two attached hydrogens (primary N) is 1. The van der Waals surface area contributed by atoms with E-state index in [1.807, 2.05) is 6.07 Å². The lowest BCUT2D eigenvalue weighted by Gasteiger charge is -2.18. The van der Waals surface area contributed by atoms with Crippen molar-refractivity contribution in [2.45, 2.75) is 39.3 Å². The predicted octanol–water partition coefficient (Wildman–Crippen LogP) is 2.91. The van der Waals surface area contributed by atoms with Gasteiger partial charge in [-0.1, -0.05) is 19.4 Å². The first-order chi connectivity index (χ1) is 8.72. The van der Waals surface area contributed by atoms with Gasteiger partial charge in [-0.25, -0.2) is 4.39 Å². The molecular weight excluding hydrogens is 227 g/mol. The van der Waals surface area contributed by atoms with Gasteiger partial charge < -0.3 is 5.73 Å². The molecule has 1 atom stereocenters. The van der Waals surface area contributed by atoms with Gasteiger partial charge in [0.25, 0.3) is 0 Å². The highest BCUT2D eigenvalue weighted by Gasteiger charge is 2.22. The third kappa shape index (κ3) is 3.30. The molecule has 0 bridgehead atoms. The van der Waals surface area contributed by atoms with E-state index >= 15 is 0 Å². The van der Waals surface area contributed by atoms with Crippen molar-refractivity contribution < 1.29 is 4.39 Å². The van der Waals surface area contributed by atoms with Crippen LogP contribution in [0.2, 0.25) is 0 Å². The molecule has 1 saturated heterocycles. The van der Waals surface area contributed by atoms with Crippen LogP contribution in [0.1, 0.15) is 37.3 Å². The molecule has 3 heteroatoms. The van der Waals surface area contributed by atoms with Crippen molar-refractivity contribution in [3.63, 3.8) is 0 Å². The summed E-state index contributed by atoms with van der Waals surface area (Å²) in [5.41, 5.74) is 7.80. The van der Waals surface area contributed by atoms with Crippen LogP contribution in [0.5, 0.6) is 0 Å². The maximum atomic E-state index is 13.1. The van der Waals surface area contributed by atoms with Gasteiger partial charge in [-0.15, -0.1) is 0 Å². The summed E-state index contributed by atoms with van der Waals surface area (Å²) in [6.45, 7) is 5.91. The normalized spacial score (nSPS) is 20.5. The Bertz CT molecular complexity index is 392. The van der Waals surface area contributed by atoms with E-state index in [0.29, 0.717) is 6.54 Å². The number of hydrogen-bond donors (Lipinski definition) is 1. The van der Waals surface area contributed by atoms with Gasteiger partial charge in [-0.3, -0.25) is 4.90 Å². The summed E-state index contributed by atoms with van der Waals surface area (Å²) in [6.07, 6.45) is 3.89. The Morgan fingerprint density at radius 1 is 1.39 bits per heavy atom. The zero-order valence-corrected chi connectivity index (χ0v) is 11.2. The van der Waals surface area contributed by atoms with Crippen LogP contribution in [0.4, 0.5) is 4.39 Å². The smallest absolute Gasteiger partial charge is 0.123 e. The topological polar surface area (TPSA) is 29.3 Å². The molecule has 0 amide bonds. The maximum absolute atomic E-state index is 13.1. The highest BCUT2D eigenvalue weighted by molar-refractivity contribution is 5.27. The summed E-state index contributed by atoms with van der Waals surface area (Å²) in [7, 11) is 0. The Balaban J connectivity index is 1.98. The number of halogens is 1. The fourth-order valence-electron chi connectivity index (χ4n) is 2.88. The summed E-state index contributed by atoms with van der Waals surface area (Å²) in [5.74, 6) is 0.654. The van der Waals surface area contributed by atoms with Crippen molar-refractivity contribution in [1.82, 2.24) is 4.90 Å². The van der Waals surface area contributed by atoms with E-state index in [2.05, 4.69) is 11.8 Å². The lowest BCUT2D eigenvalue weighted by molar-refractivity contribution is 0.312. The molecule has 1 aliphatic heterocycles. The largest absolute Gasteiger partial charge is 0.326 e. The zero-order valence-electron chi connectivity index (χ0n) is 11.2. The average molecular weight is 250 g/mol. The van der Waals surface area contributed by atoms with Crippen molar-refractivity contribution in [3.05, 3.63) is 35.1 Å². The fraction of sp³-hybridized carbons (Fsp3) is 0.600. The molecule has 0 spiro atoms. The van der Waals surface area contributed by atoms with E-state index in [4.69, 9.17) is 5.73 Å². The van der Waals surface area contributed by atoms with Crippen LogP contribution in [0.3, 0.4) is 0 Å². The van der Waals surface area contributed by atoms with Gasteiger partial charge in [0.1, 0.15) is 5.82 Å². The van der Waals surface area contributed by atoms with Crippen molar-refractivity contribution in [3.8, 4) is 0 Å². The molecule has 0 aliphatic carbocycles. The molecule has 1 unspecified atom stereocenters. The summed E-state index contributed by atoms with van der Waals surface area (Å²) in [5, 5.41) is 0. The number of nitrogens with zero attached hydrogens (tertiary/aromatic N) is 1. The minimum atomic E-state index is -0.190. The Labute approximate surface area is 109 Å². The molecule has 1 aromatic rings. The van der Waals surface area contributed by atoms with Crippen LogP contribution in [0, 0.1) is 11.7 Å².